The summed E-state index contributed by atoms with van der Waals surface area (Å²) in [5.41, 5.74) is -0.683. The second-order valence-corrected chi connectivity index (χ2v) is 12.1. The summed E-state index contributed by atoms with van der Waals surface area (Å²) in [6.45, 7) is 16.2. The summed E-state index contributed by atoms with van der Waals surface area (Å²) >= 11 is 0. The fourth-order valence-corrected chi connectivity index (χ4v) is 7.54. The van der Waals surface area contributed by atoms with E-state index in [2.05, 4.69) is 23.5 Å². The molecule has 3 amide bonds. The van der Waals surface area contributed by atoms with E-state index >= 15 is 0 Å². The first-order valence-electron chi connectivity index (χ1n) is 14.8. The topological polar surface area (TPSA) is 121 Å². The SMILES string of the molecule is C=CCN(Cn1nnc2ccccc21)C(=O)C1N([C@H](C)CO)C(=O)[C@@H]2[C@H](C(=O)N(CC=C)CCC)[C@@]3(C)OC12CC3C. The Morgan fingerprint density at radius 1 is 1.21 bits per heavy atom. The van der Waals surface area contributed by atoms with Gasteiger partial charge in [0.05, 0.1) is 35.6 Å². The van der Waals surface area contributed by atoms with E-state index in [9.17, 15) is 19.5 Å². The van der Waals surface area contributed by atoms with Crippen molar-refractivity contribution in [3.63, 3.8) is 0 Å². The number of hydrogen-bond donors (Lipinski definition) is 1. The normalized spacial score (nSPS) is 30.4. The van der Waals surface area contributed by atoms with Gasteiger partial charge in [-0.1, -0.05) is 43.3 Å². The number of amides is 3. The predicted octanol–water partition coefficient (Wildman–Crippen LogP) is 2.22. The Kier molecular flexibility index (Phi) is 8.02. The van der Waals surface area contributed by atoms with Crippen LogP contribution < -0.4 is 0 Å². The molecule has 11 heteroatoms. The number of ether oxygens (including phenoxy) is 1. The minimum absolute atomic E-state index is 0.0803. The van der Waals surface area contributed by atoms with Crippen molar-refractivity contribution in [3.8, 4) is 0 Å². The quantitative estimate of drug-likeness (QED) is 0.384. The smallest absolute Gasteiger partial charge is 0.250 e. The van der Waals surface area contributed by atoms with Gasteiger partial charge in [-0.2, -0.15) is 0 Å². The van der Waals surface area contributed by atoms with Gasteiger partial charge in [0, 0.05) is 19.6 Å². The lowest BCUT2D eigenvalue weighted by Crippen LogP contribution is -2.58. The predicted molar refractivity (Wildman–Crippen MR) is 157 cm³/mol. The lowest BCUT2D eigenvalue weighted by atomic mass is 9.62. The lowest BCUT2D eigenvalue weighted by molar-refractivity contribution is -0.158. The number of para-hydroxylation sites is 1. The highest BCUT2D eigenvalue weighted by molar-refractivity contribution is 5.99. The first-order valence-corrected chi connectivity index (χ1v) is 14.8. The summed E-state index contributed by atoms with van der Waals surface area (Å²) in [6, 6.07) is 5.78. The zero-order valence-corrected chi connectivity index (χ0v) is 25.0. The zero-order valence-electron chi connectivity index (χ0n) is 25.0. The zero-order chi connectivity index (χ0) is 30.4. The number of fused-ring (bicyclic) bond motifs is 2. The Morgan fingerprint density at radius 2 is 1.90 bits per heavy atom. The van der Waals surface area contributed by atoms with Crippen molar-refractivity contribution in [1.29, 1.82) is 0 Å². The Labute approximate surface area is 246 Å². The largest absolute Gasteiger partial charge is 0.394 e. The Bertz CT molecular complexity index is 1390. The van der Waals surface area contributed by atoms with Crippen LogP contribution in [0.5, 0.6) is 0 Å². The number of rotatable bonds is 12. The van der Waals surface area contributed by atoms with Crippen LogP contribution in [0.15, 0.2) is 49.6 Å². The first kappa shape index (κ1) is 29.9. The van der Waals surface area contributed by atoms with E-state index in [1.54, 1.807) is 33.6 Å². The fraction of sp³-hybridized carbons (Fsp3) is 0.581. The van der Waals surface area contributed by atoms with Crippen LogP contribution in [-0.4, -0.2) is 102 Å². The van der Waals surface area contributed by atoms with Crippen molar-refractivity contribution in [2.75, 3.05) is 26.2 Å². The van der Waals surface area contributed by atoms with Crippen LogP contribution in [0.1, 0.15) is 40.5 Å². The lowest BCUT2D eigenvalue weighted by Gasteiger charge is -2.39. The molecule has 1 N–H and O–H groups in total. The van der Waals surface area contributed by atoms with Gasteiger partial charge in [-0.05, 0) is 44.7 Å². The Hall–Kier alpha value is -3.57. The maximum atomic E-state index is 14.7. The number of aromatic nitrogens is 3. The molecule has 1 aromatic heterocycles. The van der Waals surface area contributed by atoms with E-state index in [4.69, 9.17) is 4.74 Å². The molecule has 7 atom stereocenters. The molecule has 1 spiro atoms. The fourth-order valence-electron chi connectivity index (χ4n) is 7.54. The molecule has 2 aromatic rings. The molecular weight excluding hydrogens is 536 g/mol. The first-order chi connectivity index (χ1) is 20.1. The maximum absolute atomic E-state index is 14.7. The van der Waals surface area contributed by atoms with Gasteiger partial charge in [0.15, 0.2) is 0 Å². The minimum Gasteiger partial charge on any atom is -0.394 e. The van der Waals surface area contributed by atoms with E-state index in [0.29, 0.717) is 25.0 Å². The van der Waals surface area contributed by atoms with Crippen molar-refractivity contribution in [2.45, 2.75) is 70.5 Å². The summed E-state index contributed by atoms with van der Waals surface area (Å²) in [5, 5.41) is 18.7. The Balaban J connectivity index is 1.58. The highest BCUT2D eigenvalue weighted by Gasteiger charge is 2.80. The molecule has 3 saturated heterocycles. The number of carbonyl (C=O) groups is 3. The van der Waals surface area contributed by atoms with Crippen LogP contribution >= 0.6 is 0 Å². The van der Waals surface area contributed by atoms with Crippen LogP contribution in [0.2, 0.25) is 0 Å². The van der Waals surface area contributed by atoms with Gasteiger partial charge in [0.1, 0.15) is 23.8 Å². The van der Waals surface area contributed by atoms with Crippen LogP contribution in [0.4, 0.5) is 0 Å². The van der Waals surface area contributed by atoms with Gasteiger partial charge in [-0.25, -0.2) is 4.68 Å². The third-order valence-electron chi connectivity index (χ3n) is 9.53. The molecule has 3 aliphatic rings. The van der Waals surface area contributed by atoms with Crippen molar-refractivity contribution < 1.29 is 24.2 Å². The summed E-state index contributed by atoms with van der Waals surface area (Å²) < 4.78 is 8.50. The molecule has 11 nitrogen and oxygen atoms in total. The molecule has 3 aliphatic heterocycles. The molecule has 3 unspecified atom stereocenters. The highest BCUT2D eigenvalue weighted by atomic mass is 16.5. The van der Waals surface area contributed by atoms with Gasteiger partial charge in [-0.3, -0.25) is 14.4 Å². The number of nitrogens with zero attached hydrogens (tertiary/aromatic N) is 6. The average Bonchev–Trinajstić information content (AvgIpc) is 3.65. The second kappa shape index (κ2) is 11.3. The van der Waals surface area contributed by atoms with E-state index in [1.807, 2.05) is 45.0 Å². The molecule has 0 aliphatic carbocycles. The van der Waals surface area contributed by atoms with Gasteiger partial charge >= 0.3 is 0 Å². The van der Waals surface area contributed by atoms with Crippen molar-refractivity contribution in [1.82, 2.24) is 29.7 Å². The summed E-state index contributed by atoms with van der Waals surface area (Å²) in [5.74, 6) is -2.53. The molecule has 0 radical (unpaired) electrons. The van der Waals surface area contributed by atoms with Crippen molar-refractivity contribution in [2.24, 2.45) is 17.8 Å². The minimum atomic E-state index is -1.22. The maximum Gasteiger partial charge on any atom is 0.250 e. The summed E-state index contributed by atoms with van der Waals surface area (Å²) in [7, 11) is 0. The van der Waals surface area contributed by atoms with Crippen molar-refractivity contribution in [3.05, 3.63) is 49.6 Å². The highest BCUT2D eigenvalue weighted by Crippen LogP contribution is 2.65. The number of aliphatic hydroxyl groups excluding tert-OH is 1. The van der Waals surface area contributed by atoms with Gasteiger partial charge < -0.3 is 24.5 Å². The number of aliphatic hydroxyl groups is 1. The van der Waals surface area contributed by atoms with E-state index in [-0.39, 0.29) is 43.5 Å². The third kappa shape index (κ3) is 4.36. The Morgan fingerprint density at radius 3 is 2.57 bits per heavy atom. The van der Waals surface area contributed by atoms with E-state index < -0.39 is 35.1 Å². The third-order valence-corrected chi connectivity index (χ3v) is 9.53. The van der Waals surface area contributed by atoms with Crippen LogP contribution in [0.3, 0.4) is 0 Å². The second-order valence-electron chi connectivity index (χ2n) is 12.1. The molecule has 0 saturated carbocycles. The average molecular weight is 579 g/mol. The molecule has 4 heterocycles. The van der Waals surface area contributed by atoms with Gasteiger partial charge in [0.25, 0.3) is 0 Å². The summed E-state index contributed by atoms with van der Waals surface area (Å²) in [6.07, 6.45) is 4.51. The van der Waals surface area contributed by atoms with Gasteiger partial charge in [0.2, 0.25) is 17.7 Å². The van der Waals surface area contributed by atoms with Crippen molar-refractivity contribution >= 4 is 28.8 Å². The molecule has 5 rings (SSSR count). The van der Waals surface area contributed by atoms with Gasteiger partial charge in [-0.15, -0.1) is 18.3 Å². The van der Waals surface area contributed by atoms with E-state index in [1.165, 1.54) is 4.90 Å². The number of benzene rings is 1. The van der Waals surface area contributed by atoms with E-state index in [0.717, 1.165) is 11.9 Å². The molecule has 42 heavy (non-hydrogen) atoms. The standard InChI is InChI=1S/C31H42N6O5/c1-7-14-34(15-8-2)27(39)24-25-28(40)37(21(5)18-38)26(31(25)17-20(4)30(24,6)42-31)29(41)35(16-9-3)19-36-23-13-11-10-12-22(23)32-33-36/h7,9-13,20-21,24-26,38H,1,3,8,14-19H2,2,4-6H3/t20?,21-,24-,25+,26?,30+,31?/m1/s1. The van der Waals surface area contributed by atoms with Crippen LogP contribution in [0, 0.1) is 17.8 Å². The monoisotopic (exact) mass is 578 g/mol. The molecule has 3 fully saturated rings. The summed E-state index contributed by atoms with van der Waals surface area (Å²) in [4.78, 5) is 48.0. The number of hydrogen-bond acceptors (Lipinski definition) is 7. The van der Waals surface area contributed by atoms with Crippen LogP contribution in [-0.2, 0) is 25.8 Å². The number of likely N-dealkylation sites (tertiary alicyclic amines) is 1. The molecule has 1 aromatic carbocycles. The molecule has 2 bridgehead atoms. The molecular formula is C31H42N6O5. The van der Waals surface area contributed by atoms with Crippen LogP contribution in [0.25, 0.3) is 11.0 Å². The molecule has 226 valence electrons. The number of carbonyl (C=O) groups excluding carboxylic acids is 3.